The number of aromatic nitrogens is 2. The Hall–Kier alpha value is -2.24. The molecule has 1 aromatic heterocycles. The van der Waals surface area contributed by atoms with Crippen molar-refractivity contribution in [3.8, 4) is 11.3 Å². The highest BCUT2D eigenvalue weighted by Gasteiger charge is 2.34. The number of aromatic amines is 1. The van der Waals surface area contributed by atoms with Gasteiger partial charge in [0.05, 0.1) is 5.69 Å². The second-order valence-corrected chi connectivity index (χ2v) is 6.26. The van der Waals surface area contributed by atoms with E-state index in [-0.39, 0.29) is 23.4 Å². The fourth-order valence-electron chi connectivity index (χ4n) is 3.03. The van der Waals surface area contributed by atoms with Crippen molar-refractivity contribution in [3.63, 3.8) is 0 Å². The second-order valence-electron chi connectivity index (χ2n) is 6.26. The summed E-state index contributed by atoms with van der Waals surface area (Å²) < 4.78 is 27.0. The number of benzene rings is 1. The Kier molecular flexibility index (Phi) is 3.92. The van der Waals surface area contributed by atoms with E-state index in [1.54, 1.807) is 6.92 Å². The van der Waals surface area contributed by atoms with Crippen LogP contribution in [0.25, 0.3) is 11.3 Å². The van der Waals surface area contributed by atoms with Gasteiger partial charge in [0.1, 0.15) is 17.5 Å². The van der Waals surface area contributed by atoms with Crippen LogP contribution in [0.2, 0.25) is 0 Å². The van der Waals surface area contributed by atoms with Gasteiger partial charge in [-0.05, 0) is 32.9 Å². The van der Waals surface area contributed by atoms with Gasteiger partial charge in [-0.15, -0.1) is 0 Å². The molecule has 1 amide bonds. The first-order valence-corrected chi connectivity index (χ1v) is 7.68. The molecule has 1 fully saturated rings. The van der Waals surface area contributed by atoms with Gasteiger partial charge in [-0.1, -0.05) is 0 Å². The molecule has 2 heterocycles. The molecule has 0 saturated carbocycles. The van der Waals surface area contributed by atoms with Gasteiger partial charge in [-0.25, -0.2) is 13.8 Å². The van der Waals surface area contributed by atoms with Crippen molar-refractivity contribution in [2.24, 2.45) is 0 Å². The molecule has 1 saturated heterocycles. The highest BCUT2D eigenvalue weighted by molar-refractivity contribution is 5.80. The Bertz CT molecular complexity index is 754. The van der Waals surface area contributed by atoms with E-state index in [2.05, 4.69) is 9.97 Å². The third kappa shape index (κ3) is 2.85. The van der Waals surface area contributed by atoms with Crippen molar-refractivity contribution in [1.29, 1.82) is 0 Å². The highest BCUT2D eigenvalue weighted by atomic mass is 19.1. The Balaban J connectivity index is 1.91. The van der Waals surface area contributed by atoms with E-state index >= 15 is 0 Å². The van der Waals surface area contributed by atoms with E-state index in [9.17, 15) is 13.6 Å². The van der Waals surface area contributed by atoms with E-state index in [1.807, 2.05) is 18.7 Å². The zero-order chi connectivity index (χ0) is 16.7. The van der Waals surface area contributed by atoms with Crippen molar-refractivity contribution in [2.75, 3.05) is 6.54 Å². The lowest BCUT2D eigenvalue weighted by molar-refractivity contribution is -0.129. The largest absolute Gasteiger partial charge is 0.345 e. The molecule has 1 aromatic carbocycles. The van der Waals surface area contributed by atoms with E-state index in [4.69, 9.17) is 0 Å². The van der Waals surface area contributed by atoms with E-state index in [1.165, 1.54) is 12.1 Å². The summed E-state index contributed by atoms with van der Waals surface area (Å²) in [7, 11) is 0. The lowest BCUT2D eigenvalue weighted by Gasteiger charge is -2.20. The minimum absolute atomic E-state index is 0.0270. The number of amides is 1. The van der Waals surface area contributed by atoms with Crippen LogP contribution in [-0.4, -0.2) is 33.4 Å². The lowest BCUT2D eigenvalue weighted by Crippen LogP contribution is -2.31. The minimum Gasteiger partial charge on any atom is -0.345 e. The number of hydrogen-bond donors (Lipinski definition) is 1. The normalized spacial score (nSPS) is 18.3. The summed E-state index contributed by atoms with van der Waals surface area (Å²) in [5.41, 5.74) is 1.44. The average Bonchev–Trinajstić information content (AvgIpc) is 3.02. The molecule has 1 aliphatic rings. The molecule has 0 bridgehead atoms. The van der Waals surface area contributed by atoms with Gasteiger partial charge in [0.15, 0.2) is 0 Å². The molecule has 3 rings (SSSR count). The predicted octanol–water partition coefficient (Wildman–Crippen LogP) is 3.39. The lowest BCUT2D eigenvalue weighted by atomic mass is 10.1. The van der Waals surface area contributed by atoms with Gasteiger partial charge in [-0.3, -0.25) is 4.79 Å². The number of nitrogens with one attached hydrogen (secondary N) is 1. The van der Waals surface area contributed by atoms with Gasteiger partial charge in [-0.2, -0.15) is 0 Å². The first-order chi connectivity index (χ1) is 10.9. The smallest absolute Gasteiger partial charge is 0.223 e. The molecule has 0 radical (unpaired) electrons. The van der Waals surface area contributed by atoms with Crippen LogP contribution in [-0.2, 0) is 4.79 Å². The monoisotopic (exact) mass is 319 g/mol. The molecule has 122 valence electrons. The maximum absolute atomic E-state index is 14.0. The molecule has 23 heavy (non-hydrogen) atoms. The molecule has 6 heteroatoms. The SMILES string of the molecule is Cc1[nH]c(C2CC(=O)N(C(C)C)C2)nc1-c1ccc(F)cc1F. The van der Waals surface area contributed by atoms with Crippen molar-refractivity contribution < 1.29 is 13.6 Å². The van der Waals surface area contributed by atoms with Crippen LogP contribution in [0.3, 0.4) is 0 Å². The maximum Gasteiger partial charge on any atom is 0.223 e. The first kappa shape index (κ1) is 15.6. The average molecular weight is 319 g/mol. The molecular weight excluding hydrogens is 300 g/mol. The van der Waals surface area contributed by atoms with Crippen LogP contribution in [0, 0.1) is 18.6 Å². The van der Waals surface area contributed by atoms with E-state index in [0.29, 0.717) is 30.2 Å². The number of aryl methyl sites for hydroxylation is 1. The van der Waals surface area contributed by atoms with Crippen molar-refractivity contribution in [2.45, 2.75) is 39.2 Å². The number of rotatable bonds is 3. The topological polar surface area (TPSA) is 49.0 Å². The van der Waals surface area contributed by atoms with Gasteiger partial charge >= 0.3 is 0 Å². The molecule has 2 aromatic rings. The number of likely N-dealkylation sites (tertiary alicyclic amines) is 1. The fourth-order valence-corrected chi connectivity index (χ4v) is 3.03. The molecule has 1 unspecified atom stereocenters. The van der Waals surface area contributed by atoms with E-state index in [0.717, 1.165) is 6.07 Å². The first-order valence-electron chi connectivity index (χ1n) is 7.68. The summed E-state index contributed by atoms with van der Waals surface area (Å²) in [5, 5.41) is 0. The van der Waals surface area contributed by atoms with Crippen molar-refractivity contribution in [1.82, 2.24) is 14.9 Å². The molecule has 4 nitrogen and oxygen atoms in total. The zero-order valence-electron chi connectivity index (χ0n) is 13.4. The summed E-state index contributed by atoms with van der Waals surface area (Å²) in [5.74, 6) is -0.502. The number of nitrogens with zero attached hydrogens (tertiary/aromatic N) is 2. The Morgan fingerprint density at radius 2 is 2.09 bits per heavy atom. The van der Waals surface area contributed by atoms with Crippen LogP contribution in [0.4, 0.5) is 8.78 Å². The van der Waals surface area contributed by atoms with Crippen LogP contribution >= 0.6 is 0 Å². The fraction of sp³-hybridized carbons (Fsp3) is 0.412. The standard InChI is InChI=1S/C17H19F2N3O/c1-9(2)22-8-11(6-15(22)23)17-20-10(3)16(21-17)13-5-4-12(18)7-14(13)19/h4-5,7,9,11H,6,8H2,1-3H3,(H,20,21). The number of carbonyl (C=O) groups excluding carboxylic acids is 1. The molecule has 0 spiro atoms. The summed E-state index contributed by atoms with van der Waals surface area (Å²) in [4.78, 5) is 21.5. The summed E-state index contributed by atoms with van der Waals surface area (Å²) in [6.07, 6.45) is 0.399. The summed E-state index contributed by atoms with van der Waals surface area (Å²) >= 11 is 0. The van der Waals surface area contributed by atoms with Crippen molar-refractivity contribution >= 4 is 5.91 Å². The zero-order valence-corrected chi connectivity index (χ0v) is 13.4. The maximum atomic E-state index is 14.0. The number of H-pyrrole nitrogens is 1. The number of halogens is 2. The van der Waals surface area contributed by atoms with Crippen LogP contribution < -0.4 is 0 Å². The quantitative estimate of drug-likeness (QED) is 0.943. The van der Waals surface area contributed by atoms with Gasteiger partial charge < -0.3 is 9.88 Å². The molecule has 1 atom stereocenters. The third-order valence-electron chi connectivity index (χ3n) is 4.26. The number of imidazole rings is 1. The van der Waals surface area contributed by atoms with E-state index < -0.39 is 11.6 Å². The van der Waals surface area contributed by atoms with Crippen LogP contribution in [0.1, 0.15) is 37.7 Å². The number of hydrogen-bond acceptors (Lipinski definition) is 2. The Morgan fingerprint density at radius 3 is 2.70 bits per heavy atom. The van der Waals surface area contributed by atoms with Gasteiger partial charge in [0, 0.05) is 42.2 Å². The number of carbonyl (C=O) groups is 1. The molecule has 1 aliphatic heterocycles. The summed E-state index contributed by atoms with van der Waals surface area (Å²) in [6.45, 7) is 6.36. The highest BCUT2D eigenvalue weighted by Crippen LogP contribution is 2.31. The minimum atomic E-state index is -0.641. The predicted molar refractivity (Wildman–Crippen MR) is 82.9 cm³/mol. The van der Waals surface area contributed by atoms with Crippen molar-refractivity contribution in [3.05, 3.63) is 41.4 Å². The molecule has 1 N–H and O–H groups in total. The Morgan fingerprint density at radius 1 is 1.35 bits per heavy atom. The van der Waals surface area contributed by atoms with Crippen LogP contribution in [0.5, 0.6) is 0 Å². The van der Waals surface area contributed by atoms with Gasteiger partial charge in [0.2, 0.25) is 5.91 Å². The Labute approximate surface area is 133 Å². The summed E-state index contributed by atoms with van der Waals surface area (Å²) in [6, 6.07) is 3.60. The molecule has 0 aliphatic carbocycles. The third-order valence-corrected chi connectivity index (χ3v) is 4.26. The molecular formula is C17H19F2N3O. The second kappa shape index (κ2) is 5.76. The van der Waals surface area contributed by atoms with Gasteiger partial charge in [0.25, 0.3) is 0 Å². The van der Waals surface area contributed by atoms with Crippen LogP contribution in [0.15, 0.2) is 18.2 Å².